The number of allylic oxidation sites excluding steroid dienone is 1. The van der Waals surface area contributed by atoms with E-state index in [9.17, 15) is 9.90 Å². The van der Waals surface area contributed by atoms with Gasteiger partial charge in [-0.1, -0.05) is 45.6 Å². The monoisotopic (exact) mass is 305 g/mol. The standard InChI is InChI=1S/C16H29NO3.Na/c1-4-5-6-7-8-9-10-11-12-14(18)17-15(13(2)3)16(19)20;/h4,13,15H,1,5-12H2,2-3H3,(H,17,18)(H,19,20);/q;+1/p-1/t15-;/m1./s1. The molecule has 1 N–H and O–H groups in total. The van der Waals surface area contributed by atoms with Gasteiger partial charge in [-0.05, 0) is 37.5 Å². The number of hydrogen-bond acceptors (Lipinski definition) is 3. The van der Waals surface area contributed by atoms with Gasteiger partial charge in [-0.2, -0.15) is 0 Å². The van der Waals surface area contributed by atoms with E-state index in [-0.39, 0.29) is 41.4 Å². The van der Waals surface area contributed by atoms with Crippen LogP contribution in [0.5, 0.6) is 0 Å². The Hall–Kier alpha value is -0.320. The first-order chi connectivity index (χ1) is 9.49. The summed E-state index contributed by atoms with van der Waals surface area (Å²) < 4.78 is 0. The van der Waals surface area contributed by atoms with E-state index in [2.05, 4.69) is 11.6 Å². The first kappa shape index (κ1) is 23.0. The fourth-order valence-electron chi connectivity index (χ4n) is 1.98. The van der Waals surface area contributed by atoms with Crippen LogP contribution in [0, 0.1) is 5.92 Å². The van der Waals surface area contributed by atoms with E-state index in [0.29, 0.717) is 6.42 Å². The molecule has 0 fully saturated rings. The van der Waals surface area contributed by atoms with Crippen LogP contribution < -0.4 is 34.7 Å². The summed E-state index contributed by atoms with van der Waals surface area (Å²) in [5, 5.41) is 20.5. The Balaban J connectivity index is 0. The molecule has 0 rings (SSSR count). The minimum atomic E-state index is -1.02. The summed E-state index contributed by atoms with van der Waals surface area (Å²) in [6.07, 6.45) is 9.88. The second kappa shape index (κ2) is 14.6. The number of rotatable bonds is 12. The molecule has 21 heavy (non-hydrogen) atoms. The Bertz CT molecular complexity index is 317. The topological polar surface area (TPSA) is 72.7 Å². The number of carboxylic acid groups (broad SMARTS) is 1. The fraction of sp³-hybridized carbons (Fsp3) is 0.750. The molecule has 0 unspecified atom stereocenters. The third-order valence-electron chi connectivity index (χ3n) is 3.22. The number of hydrogen-bond donors (Lipinski definition) is 1. The molecule has 4 nitrogen and oxygen atoms in total. The van der Waals surface area contributed by atoms with Crippen molar-refractivity contribution in [3.05, 3.63) is 12.7 Å². The molecule has 0 aromatic rings. The van der Waals surface area contributed by atoms with Crippen molar-refractivity contribution in [2.45, 2.75) is 71.3 Å². The van der Waals surface area contributed by atoms with Crippen LogP contribution in [0.1, 0.15) is 65.2 Å². The first-order valence-electron chi connectivity index (χ1n) is 7.56. The molecule has 0 saturated carbocycles. The summed E-state index contributed by atoms with van der Waals surface area (Å²) >= 11 is 0. The summed E-state index contributed by atoms with van der Waals surface area (Å²) in [4.78, 5) is 14.7. The van der Waals surface area contributed by atoms with Gasteiger partial charge in [-0.3, -0.25) is 4.99 Å². The Labute approximate surface area is 151 Å². The molecular formula is C16H28NNaO3. The van der Waals surface area contributed by atoms with Gasteiger partial charge in [-0.15, -0.1) is 6.58 Å². The zero-order valence-corrected chi connectivity index (χ0v) is 15.8. The molecule has 0 aliphatic carbocycles. The maximum absolute atomic E-state index is 11.6. The van der Waals surface area contributed by atoms with E-state index in [1.54, 1.807) is 13.8 Å². The minimum absolute atomic E-state index is 0. The van der Waals surface area contributed by atoms with Crippen molar-refractivity contribution in [1.29, 1.82) is 0 Å². The normalized spacial score (nSPS) is 12.8. The minimum Gasteiger partial charge on any atom is -0.862 e. The molecule has 116 valence electrons. The number of aliphatic carboxylic acids is 1. The van der Waals surface area contributed by atoms with Crippen LogP contribution in [0.3, 0.4) is 0 Å². The zero-order chi connectivity index (χ0) is 15.4. The van der Waals surface area contributed by atoms with Gasteiger partial charge in [0.1, 0.15) is 6.04 Å². The SMILES string of the molecule is C=CCCCCCCCCC([O-])=N[C@@H](C(=O)O)C(C)C.[Na+]. The molecule has 0 aromatic heterocycles. The molecule has 5 heteroatoms. The van der Waals surface area contributed by atoms with Crippen LogP contribution in [0.15, 0.2) is 17.6 Å². The molecule has 0 aromatic carbocycles. The van der Waals surface area contributed by atoms with E-state index in [1.165, 1.54) is 19.3 Å². The van der Waals surface area contributed by atoms with Gasteiger partial charge < -0.3 is 10.2 Å². The predicted molar refractivity (Wildman–Crippen MR) is 80.8 cm³/mol. The summed E-state index contributed by atoms with van der Waals surface area (Å²) in [7, 11) is 0. The Morgan fingerprint density at radius 2 is 1.71 bits per heavy atom. The molecule has 0 spiro atoms. The van der Waals surface area contributed by atoms with Crippen LogP contribution in [0.25, 0.3) is 0 Å². The zero-order valence-electron chi connectivity index (χ0n) is 13.8. The number of carbonyl (C=O) groups is 1. The van der Waals surface area contributed by atoms with Gasteiger partial charge >= 0.3 is 35.5 Å². The van der Waals surface area contributed by atoms with E-state index < -0.39 is 12.0 Å². The van der Waals surface area contributed by atoms with Crippen LogP contribution in [0.4, 0.5) is 0 Å². The molecule has 0 amide bonds. The first-order valence-corrected chi connectivity index (χ1v) is 7.56. The van der Waals surface area contributed by atoms with Gasteiger partial charge in [-0.25, -0.2) is 4.79 Å². The molecule has 0 saturated heterocycles. The van der Waals surface area contributed by atoms with Crippen molar-refractivity contribution in [3.8, 4) is 0 Å². The Morgan fingerprint density at radius 3 is 2.19 bits per heavy atom. The van der Waals surface area contributed by atoms with Crippen LogP contribution in [-0.4, -0.2) is 23.0 Å². The van der Waals surface area contributed by atoms with Gasteiger partial charge in [0.2, 0.25) is 0 Å². The molecule has 0 aliphatic heterocycles. The number of unbranched alkanes of at least 4 members (excludes halogenated alkanes) is 6. The van der Waals surface area contributed by atoms with Gasteiger partial charge in [0.15, 0.2) is 0 Å². The van der Waals surface area contributed by atoms with Crippen molar-refractivity contribution >= 4 is 11.9 Å². The summed E-state index contributed by atoms with van der Waals surface area (Å²) in [6, 6.07) is -0.901. The van der Waals surface area contributed by atoms with E-state index in [0.717, 1.165) is 25.7 Å². The average molecular weight is 305 g/mol. The van der Waals surface area contributed by atoms with Crippen molar-refractivity contribution in [2.75, 3.05) is 0 Å². The molecule has 1 atom stereocenters. The number of carboxylic acids is 1. The van der Waals surface area contributed by atoms with E-state index >= 15 is 0 Å². The predicted octanol–water partition coefficient (Wildman–Crippen LogP) is 0.165. The van der Waals surface area contributed by atoms with Gasteiger partial charge in [0.05, 0.1) is 0 Å². The van der Waals surface area contributed by atoms with Crippen LogP contribution in [0.2, 0.25) is 0 Å². The molecule has 0 radical (unpaired) electrons. The van der Waals surface area contributed by atoms with Crippen molar-refractivity contribution in [1.82, 2.24) is 0 Å². The summed E-state index contributed by atoms with van der Waals surface area (Å²) in [5.41, 5.74) is 0. The maximum Gasteiger partial charge on any atom is 1.00 e. The van der Waals surface area contributed by atoms with Crippen molar-refractivity contribution < 1.29 is 44.6 Å². The van der Waals surface area contributed by atoms with Crippen molar-refractivity contribution in [3.63, 3.8) is 0 Å². The number of nitrogens with zero attached hydrogens (tertiary/aromatic N) is 1. The van der Waals surface area contributed by atoms with E-state index in [4.69, 9.17) is 5.11 Å². The second-order valence-electron chi connectivity index (χ2n) is 5.50. The fourth-order valence-corrected chi connectivity index (χ4v) is 1.98. The largest absolute Gasteiger partial charge is 1.00 e. The van der Waals surface area contributed by atoms with Gasteiger partial charge in [0.25, 0.3) is 0 Å². The number of aliphatic imine (C=N–C) groups is 1. The smallest absolute Gasteiger partial charge is 0.862 e. The second-order valence-corrected chi connectivity index (χ2v) is 5.50. The van der Waals surface area contributed by atoms with E-state index in [1.807, 2.05) is 6.08 Å². The summed E-state index contributed by atoms with van der Waals surface area (Å²) in [6.45, 7) is 7.21. The maximum atomic E-state index is 11.6. The Kier molecular flexibility index (Phi) is 16.0. The third-order valence-corrected chi connectivity index (χ3v) is 3.22. The molecular weight excluding hydrogens is 277 g/mol. The molecule has 0 heterocycles. The molecule has 0 aliphatic rings. The summed E-state index contributed by atoms with van der Waals surface area (Å²) in [5.74, 6) is -1.45. The van der Waals surface area contributed by atoms with Gasteiger partial charge in [0, 0.05) is 0 Å². The van der Waals surface area contributed by atoms with Crippen molar-refractivity contribution in [2.24, 2.45) is 10.9 Å². The van der Waals surface area contributed by atoms with Crippen LogP contribution in [-0.2, 0) is 4.79 Å². The van der Waals surface area contributed by atoms with Crippen LogP contribution >= 0.6 is 0 Å². The average Bonchev–Trinajstić information content (AvgIpc) is 2.38. The molecule has 0 bridgehead atoms. The quantitative estimate of drug-likeness (QED) is 0.184. The third kappa shape index (κ3) is 13.1. The Morgan fingerprint density at radius 1 is 1.19 bits per heavy atom.